The van der Waals surface area contributed by atoms with Gasteiger partial charge in [0.05, 0.1) is 0 Å². The number of aromatic nitrogens is 2. The van der Waals surface area contributed by atoms with E-state index in [1.807, 2.05) is 12.1 Å². The predicted molar refractivity (Wildman–Crippen MR) is 66.1 cm³/mol. The number of pyridine rings is 2. The van der Waals surface area contributed by atoms with Crippen molar-refractivity contribution in [2.45, 2.75) is 0 Å². The molecular weight excluding hydrogens is 214 g/mol. The maximum absolute atomic E-state index is 11.5. The Hall–Kier alpha value is -2.49. The van der Waals surface area contributed by atoms with Crippen LogP contribution in [0.5, 0.6) is 0 Å². The maximum Gasteiger partial charge on any atom is 0.248 e. The van der Waals surface area contributed by atoms with Crippen molar-refractivity contribution in [3.8, 4) is 0 Å². The molecule has 0 atom stereocenters. The molecule has 1 N–H and O–H groups in total. The second-order valence-corrected chi connectivity index (χ2v) is 3.34. The van der Waals surface area contributed by atoms with Gasteiger partial charge in [0.15, 0.2) is 0 Å². The quantitative estimate of drug-likeness (QED) is 0.814. The molecule has 4 heteroatoms. The number of rotatable bonds is 3. The molecule has 2 aromatic heterocycles. The lowest BCUT2D eigenvalue weighted by molar-refractivity contribution is -0.111. The number of carbonyl (C=O) groups is 1. The van der Waals surface area contributed by atoms with Gasteiger partial charge in [-0.1, -0.05) is 6.07 Å². The summed E-state index contributed by atoms with van der Waals surface area (Å²) in [6, 6.07) is 7.16. The number of nitrogens with one attached hydrogen (secondary N) is 1. The molecule has 0 aromatic carbocycles. The molecule has 0 aliphatic carbocycles. The lowest BCUT2D eigenvalue weighted by Gasteiger charge is -1.99. The van der Waals surface area contributed by atoms with Crippen molar-refractivity contribution >= 4 is 17.7 Å². The van der Waals surface area contributed by atoms with Crippen molar-refractivity contribution in [1.82, 2.24) is 9.97 Å². The highest BCUT2D eigenvalue weighted by Gasteiger charge is 1.96. The predicted octanol–water partition coefficient (Wildman–Crippen LogP) is 2.13. The van der Waals surface area contributed by atoms with Gasteiger partial charge in [0.1, 0.15) is 0 Å². The zero-order valence-corrected chi connectivity index (χ0v) is 9.08. The summed E-state index contributed by atoms with van der Waals surface area (Å²) in [4.78, 5) is 19.4. The van der Waals surface area contributed by atoms with E-state index in [1.165, 1.54) is 6.08 Å². The van der Waals surface area contributed by atoms with Crippen LogP contribution in [0.15, 0.2) is 55.1 Å². The summed E-state index contributed by atoms with van der Waals surface area (Å²) in [5, 5.41) is 2.73. The van der Waals surface area contributed by atoms with E-state index in [4.69, 9.17) is 0 Å². The third-order valence-corrected chi connectivity index (χ3v) is 2.06. The summed E-state index contributed by atoms with van der Waals surface area (Å²) in [5.41, 5.74) is 1.61. The number of carbonyl (C=O) groups excluding carboxylic acids is 1. The molecule has 0 radical (unpaired) electrons. The summed E-state index contributed by atoms with van der Waals surface area (Å²) < 4.78 is 0. The highest BCUT2D eigenvalue weighted by Crippen LogP contribution is 2.04. The Labute approximate surface area is 99.0 Å². The Balaban J connectivity index is 1.96. The van der Waals surface area contributed by atoms with E-state index in [9.17, 15) is 4.79 Å². The Morgan fingerprint density at radius 3 is 2.65 bits per heavy atom. The molecule has 2 aromatic rings. The number of anilines is 1. The zero-order chi connectivity index (χ0) is 11.9. The van der Waals surface area contributed by atoms with Gasteiger partial charge in [-0.25, -0.2) is 0 Å². The molecule has 84 valence electrons. The van der Waals surface area contributed by atoms with Crippen molar-refractivity contribution in [3.05, 3.63) is 60.7 Å². The van der Waals surface area contributed by atoms with E-state index < -0.39 is 0 Å². The van der Waals surface area contributed by atoms with Gasteiger partial charge in [-0.05, 0) is 29.8 Å². The van der Waals surface area contributed by atoms with Gasteiger partial charge in [-0.2, -0.15) is 0 Å². The van der Waals surface area contributed by atoms with Crippen LogP contribution in [-0.2, 0) is 4.79 Å². The second-order valence-electron chi connectivity index (χ2n) is 3.34. The standard InChI is InChI=1S/C13H11N3O/c17-13(16-12-5-8-14-9-6-12)4-3-11-2-1-7-15-10-11/h1-10H,(H,14,16,17). The molecule has 2 heterocycles. The van der Waals surface area contributed by atoms with Gasteiger partial charge in [-0.3, -0.25) is 14.8 Å². The van der Waals surface area contributed by atoms with Gasteiger partial charge in [-0.15, -0.1) is 0 Å². The molecule has 4 nitrogen and oxygen atoms in total. The average molecular weight is 225 g/mol. The molecule has 0 aliphatic heterocycles. The molecule has 0 bridgehead atoms. The first-order valence-corrected chi connectivity index (χ1v) is 5.14. The minimum atomic E-state index is -0.181. The van der Waals surface area contributed by atoms with Crippen LogP contribution in [-0.4, -0.2) is 15.9 Å². The molecule has 1 amide bonds. The first-order valence-electron chi connectivity index (χ1n) is 5.14. The van der Waals surface area contributed by atoms with E-state index in [2.05, 4.69) is 15.3 Å². The topological polar surface area (TPSA) is 54.9 Å². The minimum Gasteiger partial charge on any atom is -0.322 e. The van der Waals surface area contributed by atoms with Crippen molar-refractivity contribution in [3.63, 3.8) is 0 Å². The number of amides is 1. The molecule has 2 rings (SSSR count). The molecule has 0 saturated carbocycles. The highest BCUT2D eigenvalue weighted by atomic mass is 16.1. The van der Waals surface area contributed by atoms with Crippen LogP contribution >= 0.6 is 0 Å². The lowest BCUT2D eigenvalue weighted by atomic mass is 10.2. The van der Waals surface area contributed by atoms with E-state index in [0.29, 0.717) is 0 Å². The van der Waals surface area contributed by atoms with Crippen LogP contribution in [0.25, 0.3) is 6.08 Å². The first kappa shape index (κ1) is 11.0. The summed E-state index contributed by atoms with van der Waals surface area (Å²) >= 11 is 0. The van der Waals surface area contributed by atoms with Crippen molar-refractivity contribution < 1.29 is 4.79 Å². The van der Waals surface area contributed by atoms with Crippen LogP contribution < -0.4 is 5.32 Å². The van der Waals surface area contributed by atoms with E-state index in [1.54, 1.807) is 43.0 Å². The minimum absolute atomic E-state index is 0.181. The summed E-state index contributed by atoms with van der Waals surface area (Å²) in [6.45, 7) is 0. The van der Waals surface area contributed by atoms with Crippen LogP contribution in [0.3, 0.4) is 0 Å². The summed E-state index contributed by atoms with van der Waals surface area (Å²) in [7, 11) is 0. The molecule has 17 heavy (non-hydrogen) atoms. The highest BCUT2D eigenvalue weighted by molar-refractivity contribution is 6.01. The van der Waals surface area contributed by atoms with Crippen molar-refractivity contribution in [2.24, 2.45) is 0 Å². The normalized spacial score (nSPS) is 10.4. The van der Waals surface area contributed by atoms with E-state index in [-0.39, 0.29) is 5.91 Å². The van der Waals surface area contributed by atoms with E-state index >= 15 is 0 Å². The molecular formula is C13H11N3O. The Morgan fingerprint density at radius 1 is 1.12 bits per heavy atom. The Bertz CT molecular complexity index is 509. The average Bonchev–Trinajstić information content (AvgIpc) is 2.39. The van der Waals surface area contributed by atoms with Gasteiger partial charge in [0, 0.05) is 36.6 Å². The van der Waals surface area contributed by atoms with Crippen LogP contribution in [0.1, 0.15) is 5.56 Å². The first-order chi connectivity index (χ1) is 8.34. The SMILES string of the molecule is O=C(C=Cc1cccnc1)Nc1ccncc1. The third kappa shape index (κ3) is 3.53. The summed E-state index contributed by atoms with van der Waals surface area (Å²) in [6.07, 6.45) is 9.81. The maximum atomic E-state index is 11.5. The molecule has 0 fully saturated rings. The fourth-order valence-corrected chi connectivity index (χ4v) is 1.27. The van der Waals surface area contributed by atoms with E-state index in [0.717, 1.165) is 11.3 Å². The lowest BCUT2D eigenvalue weighted by Crippen LogP contribution is -2.07. The number of hydrogen-bond acceptors (Lipinski definition) is 3. The molecule has 0 spiro atoms. The molecule has 0 saturated heterocycles. The number of nitrogens with zero attached hydrogens (tertiary/aromatic N) is 2. The Kier molecular flexibility index (Phi) is 3.60. The van der Waals surface area contributed by atoms with Crippen LogP contribution in [0.2, 0.25) is 0 Å². The Morgan fingerprint density at radius 2 is 1.94 bits per heavy atom. The third-order valence-electron chi connectivity index (χ3n) is 2.06. The smallest absolute Gasteiger partial charge is 0.248 e. The van der Waals surface area contributed by atoms with Crippen LogP contribution in [0, 0.1) is 0 Å². The monoisotopic (exact) mass is 225 g/mol. The number of hydrogen-bond donors (Lipinski definition) is 1. The van der Waals surface area contributed by atoms with Gasteiger partial charge in [0.2, 0.25) is 5.91 Å². The van der Waals surface area contributed by atoms with Crippen molar-refractivity contribution in [1.29, 1.82) is 0 Å². The fourth-order valence-electron chi connectivity index (χ4n) is 1.27. The van der Waals surface area contributed by atoms with Crippen LogP contribution in [0.4, 0.5) is 5.69 Å². The largest absolute Gasteiger partial charge is 0.322 e. The zero-order valence-electron chi connectivity index (χ0n) is 9.08. The fraction of sp³-hybridized carbons (Fsp3) is 0. The van der Waals surface area contributed by atoms with Gasteiger partial charge >= 0.3 is 0 Å². The van der Waals surface area contributed by atoms with Crippen molar-refractivity contribution in [2.75, 3.05) is 5.32 Å². The molecule has 0 unspecified atom stereocenters. The molecule has 0 aliphatic rings. The second kappa shape index (κ2) is 5.55. The summed E-state index contributed by atoms with van der Waals surface area (Å²) in [5.74, 6) is -0.181. The van der Waals surface area contributed by atoms with Gasteiger partial charge < -0.3 is 5.32 Å². The van der Waals surface area contributed by atoms with Gasteiger partial charge in [0.25, 0.3) is 0 Å².